The Hall–Kier alpha value is -3.93. The summed E-state index contributed by atoms with van der Waals surface area (Å²) in [6, 6.07) is 21.0. The van der Waals surface area contributed by atoms with E-state index in [0.717, 1.165) is 0 Å². The second kappa shape index (κ2) is 7.36. The summed E-state index contributed by atoms with van der Waals surface area (Å²) in [5.41, 5.74) is 4.49. The molecule has 0 aliphatic carbocycles. The van der Waals surface area contributed by atoms with Gasteiger partial charge in [0.15, 0.2) is 5.43 Å². The predicted molar refractivity (Wildman–Crippen MR) is 110 cm³/mol. The molecule has 0 spiro atoms. The number of pyridine rings is 1. The SMILES string of the molecule is O=C(Cn1c2ccccc2c(=O)c2ccccc21)N/N=C/c1cccc(O)c1. The summed E-state index contributed by atoms with van der Waals surface area (Å²) < 4.78 is 1.81. The molecular weight excluding hydrogens is 354 g/mol. The predicted octanol–water partition coefficient (Wildman–Crippen LogP) is 3.01. The van der Waals surface area contributed by atoms with E-state index in [0.29, 0.717) is 27.4 Å². The van der Waals surface area contributed by atoms with Crippen molar-refractivity contribution in [3.05, 3.63) is 88.6 Å². The molecule has 0 radical (unpaired) electrons. The van der Waals surface area contributed by atoms with E-state index < -0.39 is 0 Å². The van der Waals surface area contributed by atoms with Crippen molar-refractivity contribution in [1.82, 2.24) is 9.99 Å². The van der Waals surface area contributed by atoms with Gasteiger partial charge >= 0.3 is 0 Å². The Balaban J connectivity index is 1.66. The normalized spacial score (nSPS) is 11.3. The molecule has 6 heteroatoms. The second-order valence-electron chi connectivity index (χ2n) is 6.34. The third-order valence-electron chi connectivity index (χ3n) is 4.45. The van der Waals surface area contributed by atoms with Gasteiger partial charge in [0.2, 0.25) is 0 Å². The number of phenolic OH excluding ortho intramolecular Hbond substituents is 1. The third-order valence-corrected chi connectivity index (χ3v) is 4.45. The van der Waals surface area contributed by atoms with Crippen LogP contribution in [0.4, 0.5) is 0 Å². The first-order valence-corrected chi connectivity index (χ1v) is 8.75. The van der Waals surface area contributed by atoms with E-state index >= 15 is 0 Å². The van der Waals surface area contributed by atoms with Crippen molar-refractivity contribution in [2.45, 2.75) is 6.54 Å². The standard InChI is InChI=1S/C22H17N3O3/c26-16-7-5-6-15(12-16)13-23-24-21(27)14-25-19-10-3-1-8-17(19)22(28)18-9-2-4-11-20(18)25/h1-13,26H,14H2,(H,24,27)/b23-13+. The molecule has 0 bridgehead atoms. The number of aromatic hydroxyl groups is 1. The second-order valence-corrected chi connectivity index (χ2v) is 6.34. The molecule has 4 aromatic rings. The molecule has 0 aliphatic rings. The van der Waals surface area contributed by atoms with Crippen LogP contribution in [0.2, 0.25) is 0 Å². The van der Waals surface area contributed by atoms with E-state index in [9.17, 15) is 14.7 Å². The van der Waals surface area contributed by atoms with Gasteiger partial charge in [-0.25, -0.2) is 5.43 Å². The van der Waals surface area contributed by atoms with Crippen LogP contribution in [0.3, 0.4) is 0 Å². The van der Waals surface area contributed by atoms with Crippen molar-refractivity contribution in [3.8, 4) is 5.75 Å². The number of rotatable bonds is 4. The number of nitrogens with zero attached hydrogens (tertiary/aromatic N) is 2. The largest absolute Gasteiger partial charge is 0.508 e. The summed E-state index contributed by atoms with van der Waals surface area (Å²) in [7, 11) is 0. The van der Waals surface area contributed by atoms with Gasteiger partial charge in [-0.05, 0) is 42.0 Å². The van der Waals surface area contributed by atoms with Gasteiger partial charge < -0.3 is 9.67 Å². The van der Waals surface area contributed by atoms with E-state index in [1.807, 2.05) is 41.0 Å². The summed E-state index contributed by atoms with van der Waals surface area (Å²) in [5, 5.41) is 14.5. The van der Waals surface area contributed by atoms with Crippen LogP contribution in [0.25, 0.3) is 21.8 Å². The van der Waals surface area contributed by atoms with Gasteiger partial charge in [-0.2, -0.15) is 5.10 Å². The van der Waals surface area contributed by atoms with Gasteiger partial charge in [0.05, 0.1) is 17.2 Å². The highest BCUT2D eigenvalue weighted by Gasteiger charge is 2.12. The van der Waals surface area contributed by atoms with Crippen molar-refractivity contribution >= 4 is 33.9 Å². The summed E-state index contributed by atoms with van der Waals surface area (Å²) in [5.74, 6) is -0.197. The lowest BCUT2D eigenvalue weighted by Gasteiger charge is -2.14. The molecule has 1 heterocycles. The van der Waals surface area contributed by atoms with E-state index in [4.69, 9.17) is 0 Å². The number of hydrogen-bond acceptors (Lipinski definition) is 4. The number of carbonyl (C=O) groups excluding carboxylic acids is 1. The Labute approximate surface area is 160 Å². The van der Waals surface area contributed by atoms with Crippen LogP contribution < -0.4 is 10.9 Å². The zero-order valence-corrected chi connectivity index (χ0v) is 14.9. The maximum atomic E-state index is 12.7. The van der Waals surface area contributed by atoms with E-state index in [1.165, 1.54) is 6.21 Å². The van der Waals surface area contributed by atoms with Crippen LogP contribution in [0.1, 0.15) is 5.56 Å². The maximum absolute atomic E-state index is 12.7. The number of aromatic nitrogens is 1. The molecule has 0 fully saturated rings. The first kappa shape index (κ1) is 17.5. The van der Waals surface area contributed by atoms with Crippen molar-refractivity contribution in [3.63, 3.8) is 0 Å². The lowest BCUT2D eigenvalue weighted by atomic mass is 10.1. The molecule has 0 atom stereocenters. The molecule has 1 aromatic heterocycles. The third kappa shape index (κ3) is 3.35. The molecule has 138 valence electrons. The first-order chi connectivity index (χ1) is 13.6. The Morgan fingerprint density at radius 2 is 1.61 bits per heavy atom. The Bertz CT molecular complexity index is 1210. The quantitative estimate of drug-likeness (QED) is 0.329. The number of carbonyl (C=O) groups is 1. The molecule has 0 unspecified atom stereocenters. The zero-order valence-electron chi connectivity index (χ0n) is 14.9. The van der Waals surface area contributed by atoms with Crippen molar-refractivity contribution in [2.75, 3.05) is 0 Å². The van der Waals surface area contributed by atoms with Gasteiger partial charge in [-0.15, -0.1) is 0 Å². The minimum absolute atomic E-state index is 0.0126. The van der Waals surface area contributed by atoms with Crippen molar-refractivity contribution < 1.29 is 9.90 Å². The summed E-state index contributed by atoms with van der Waals surface area (Å²) in [6.45, 7) is 0.0126. The highest BCUT2D eigenvalue weighted by atomic mass is 16.3. The zero-order chi connectivity index (χ0) is 19.5. The summed E-state index contributed by atoms with van der Waals surface area (Å²) in [4.78, 5) is 25.2. The topological polar surface area (TPSA) is 83.7 Å². The Kier molecular flexibility index (Phi) is 4.60. The Morgan fingerprint density at radius 3 is 2.25 bits per heavy atom. The van der Waals surface area contributed by atoms with Gasteiger partial charge in [0.25, 0.3) is 5.91 Å². The monoisotopic (exact) mass is 371 g/mol. The first-order valence-electron chi connectivity index (χ1n) is 8.75. The lowest BCUT2D eigenvalue weighted by molar-refractivity contribution is -0.121. The molecule has 6 nitrogen and oxygen atoms in total. The molecule has 0 saturated carbocycles. The fraction of sp³-hybridized carbons (Fsp3) is 0.0455. The van der Waals surface area contributed by atoms with E-state index in [1.54, 1.807) is 36.4 Å². The smallest absolute Gasteiger partial charge is 0.260 e. The van der Waals surface area contributed by atoms with Gasteiger partial charge in [-0.3, -0.25) is 9.59 Å². The van der Waals surface area contributed by atoms with Crippen LogP contribution >= 0.6 is 0 Å². The molecule has 28 heavy (non-hydrogen) atoms. The van der Waals surface area contributed by atoms with Crippen LogP contribution in [0, 0.1) is 0 Å². The van der Waals surface area contributed by atoms with Crippen LogP contribution in [0.5, 0.6) is 5.75 Å². The molecule has 4 rings (SSSR count). The summed E-state index contributed by atoms with van der Waals surface area (Å²) >= 11 is 0. The molecule has 0 saturated heterocycles. The fourth-order valence-electron chi connectivity index (χ4n) is 3.21. The fourth-order valence-corrected chi connectivity index (χ4v) is 3.21. The van der Waals surface area contributed by atoms with Gasteiger partial charge in [0, 0.05) is 10.8 Å². The minimum Gasteiger partial charge on any atom is -0.508 e. The number of hydrazone groups is 1. The summed E-state index contributed by atoms with van der Waals surface area (Å²) in [6.07, 6.45) is 1.46. The number of hydrogen-bond donors (Lipinski definition) is 2. The molecule has 2 N–H and O–H groups in total. The number of fused-ring (bicyclic) bond motifs is 2. The molecule has 3 aromatic carbocycles. The number of phenols is 1. The molecule has 0 aliphatic heterocycles. The van der Waals surface area contributed by atoms with Gasteiger partial charge in [-0.1, -0.05) is 36.4 Å². The van der Waals surface area contributed by atoms with Crippen molar-refractivity contribution in [1.29, 1.82) is 0 Å². The average molecular weight is 371 g/mol. The Morgan fingerprint density at radius 1 is 0.964 bits per heavy atom. The van der Waals surface area contributed by atoms with Gasteiger partial charge in [0.1, 0.15) is 12.3 Å². The number of amides is 1. The highest BCUT2D eigenvalue weighted by molar-refractivity contribution is 5.95. The number of benzene rings is 3. The average Bonchev–Trinajstić information content (AvgIpc) is 2.71. The lowest BCUT2D eigenvalue weighted by Crippen LogP contribution is -2.25. The van der Waals surface area contributed by atoms with E-state index in [-0.39, 0.29) is 23.6 Å². The minimum atomic E-state index is -0.324. The van der Waals surface area contributed by atoms with E-state index in [2.05, 4.69) is 10.5 Å². The highest BCUT2D eigenvalue weighted by Crippen LogP contribution is 2.19. The molecular formula is C22H17N3O3. The van der Waals surface area contributed by atoms with Crippen molar-refractivity contribution in [2.24, 2.45) is 5.10 Å². The van der Waals surface area contributed by atoms with Crippen LogP contribution in [-0.2, 0) is 11.3 Å². The van der Waals surface area contributed by atoms with Crippen LogP contribution in [0.15, 0.2) is 82.7 Å². The maximum Gasteiger partial charge on any atom is 0.260 e. The number of nitrogens with one attached hydrogen (secondary N) is 1. The molecule has 1 amide bonds. The van der Waals surface area contributed by atoms with Crippen LogP contribution in [-0.4, -0.2) is 21.8 Å². The number of para-hydroxylation sites is 2.